The molecule has 1 aliphatic carbocycles. The quantitative estimate of drug-likeness (QED) is 0.194. The molecule has 1 saturated carbocycles. The predicted octanol–water partition coefficient (Wildman–Crippen LogP) is 2.69. The number of carbonyl (C=O) groups excluding carboxylic acids is 1. The number of hydrogen-bond donors (Lipinski definition) is 2. The summed E-state index contributed by atoms with van der Waals surface area (Å²) >= 11 is 0. The van der Waals surface area contributed by atoms with Gasteiger partial charge in [-0.15, -0.1) is 0 Å². The van der Waals surface area contributed by atoms with Gasteiger partial charge in [0.15, 0.2) is 15.5 Å². The lowest BCUT2D eigenvalue weighted by atomic mass is 9.76. The highest BCUT2D eigenvalue weighted by atomic mass is 32.2. The molecule has 0 spiro atoms. The summed E-state index contributed by atoms with van der Waals surface area (Å²) in [5.74, 6) is -0.684. The van der Waals surface area contributed by atoms with Gasteiger partial charge in [-0.1, -0.05) is 18.2 Å². The molecular weight excluding hydrogens is 562 g/mol. The third-order valence-corrected chi connectivity index (χ3v) is 8.68. The summed E-state index contributed by atoms with van der Waals surface area (Å²) in [6, 6.07) is 9.66. The van der Waals surface area contributed by atoms with Crippen molar-refractivity contribution < 1.29 is 27.5 Å². The van der Waals surface area contributed by atoms with E-state index in [2.05, 4.69) is 15.7 Å². The predicted molar refractivity (Wildman–Crippen MR) is 155 cm³/mol. The van der Waals surface area contributed by atoms with Crippen LogP contribution in [0.3, 0.4) is 0 Å². The monoisotopic (exact) mass is 597 g/mol. The maximum atomic E-state index is 13.1. The molecule has 0 bridgehead atoms. The molecule has 14 heteroatoms. The highest BCUT2D eigenvalue weighted by Gasteiger charge is 2.45. The normalized spacial score (nSPS) is 19.3. The molecule has 0 aliphatic heterocycles. The molecule has 4 aromatic rings. The second-order valence-electron chi connectivity index (χ2n) is 10.3. The Kier molecular flexibility index (Phi) is 8.59. The van der Waals surface area contributed by atoms with Crippen molar-refractivity contribution in [3.63, 3.8) is 0 Å². The van der Waals surface area contributed by atoms with Gasteiger partial charge in [0.05, 0.1) is 43.6 Å². The molecule has 0 atom stereocenters. The van der Waals surface area contributed by atoms with Crippen LogP contribution >= 0.6 is 0 Å². The smallest absolute Gasteiger partial charge is 0.275 e. The van der Waals surface area contributed by atoms with Gasteiger partial charge in [0.2, 0.25) is 0 Å². The number of hydrogen-bond acceptors (Lipinski definition) is 10. The molecule has 3 heterocycles. The number of rotatable bonds is 11. The van der Waals surface area contributed by atoms with E-state index < -0.39 is 15.4 Å². The third kappa shape index (κ3) is 5.75. The van der Waals surface area contributed by atoms with Crippen LogP contribution in [0.25, 0.3) is 22.5 Å². The average molecular weight is 598 g/mol. The zero-order valence-corrected chi connectivity index (χ0v) is 24.6. The summed E-state index contributed by atoms with van der Waals surface area (Å²) in [7, 11) is -2.22. The van der Waals surface area contributed by atoms with Crippen LogP contribution < -0.4 is 11.2 Å². The van der Waals surface area contributed by atoms with Crippen LogP contribution in [0, 0.1) is 0 Å². The van der Waals surface area contributed by atoms with E-state index >= 15 is 0 Å². The lowest BCUT2D eigenvalue weighted by Crippen LogP contribution is -2.51. The summed E-state index contributed by atoms with van der Waals surface area (Å²) in [5, 5.41) is 8.86. The van der Waals surface area contributed by atoms with Crippen molar-refractivity contribution in [2.24, 2.45) is 0 Å². The Morgan fingerprint density at radius 3 is 2.55 bits per heavy atom. The van der Waals surface area contributed by atoms with Gasteiger partial charge in [-0.3, -0.25) is 9.63 Å². The molecule has 0 saturated heterocycles. The molecule has 3 aromatic heterocycles. The number of benzene rings is 1. The number of nitrogens with one attached hydrogen (secondary N) is 1. The van der Waals surface area contributed by atoms with E-state index in [-0.39, 0.29) is 29.1 Å². The maximum absolute atomic E-state index is 13.1. The molecule has 224 valence electrons. The van der Waals surface area contributed by atoms with Crippen LogP contribution in [-0.4, -0.2) is 77.5 Å². The fraction of sp³-hybridized carbons (Fsp3) is 0.429. The lowest BCUT2D eigenvalue weighted by Gasteiger charge is -2.38. The van der Waals surface area contributed by atoms with Gasteiger partial charge in [0.25, 0.3) is 5.91 Å². The Morgan fingerprint density at radius 1 is 1.14 bits per heavy atom. The summed E-state index contributed by atoms with van der Waals surface area (Å²) in [6.45, 7) is 2.63. The first-order chi connectivity index (χ1) is 20.2. The summed E-state index contributed by atoms with van der Waals surface area (Å²) in [4.78, 5) is 23.1. The Balaban J connectivity index is 1.52. The highest BCUT2D eigenvalue weighted by molar-refractivity contribution is 7.91. The molecule has 13 nitrogen and oxygen atoms in total. The van der Waals surface area contributed by atoms with Crippen LogP contribution in [0.15, 0.2) is 53.8 Å². The summed E-state index contributed by atoms with van der Waals surface area (Å²) in [6.07, 6.45) is 7.81. The van der Waals surface area contributed by atoms with Crippen LogP contribution in [0.1, 0.15) is 44.2 Å². The second-order valence-corrected chi connectivity index (χ2v) is 12.2. The van der Waals surface area contributed by atoms with Crippen molar-refractivity contribution in [2.75, 3.05) is 38.9 Å². The largest absolute Gasteiger partial charge is 0.382 e. The zero-order valence-electron chi connectivity index (χ0n) is 23.8. The van der Waals surface area contributed by atoms with Crippen molar-refractivity contribution in [3.8, 4) is 16.8 Å². The van der Waals surface area contributed by atoms with Gasteiger partial charge in [0, 0.05) is 36.6 Å². The van der Waals surface area contributed by atoms with Crippen LogP contribution in [0.4, 0.5) is 5.82 Å². The Hall–Kier alpha value is -3.85. The number of para-hydroxylation sites is 1. The molecule has 0 radical (unpaired) electrons. The minimum Gasteiger partial charge on any atom is -0.382 e. The van der Waals surface area contributed by atoms with Crippen molar-refractivity contribution in [1.29, 1.82) is 0 Å². The van der Waals surface area contributed by atoms with Crippen LogP contribution in [0.5, 0.6) is 0 Å². The van der Waals surface area contributed by atoms with Crippen molar-refractivity contribution >= 4 is 27.2 Å². The summed E-state index contributed by atoms with van der Waals surface area (Å²) in [5.41, 5.74) is 10.9. The number of aromatic nitrogens is 5. The molecule has 1 amide bonds. The van der Waals surface area contributed by atoms with Crippen molar-refractivity contribution in [3.05, 3.63) is 54.6 Å². The lowest BCUT2D eigenvalue weighted by molar-refractivity contribution is -0.167. The Bertz CT molecular complexity index is 1660. The molecule has 5 rings (SSSR count). The second kappa shape index (κ2) is 12.2. The van der Waals surface area contributed by atoms with Crippen LogP contribution in [0.2, 0.25) is 0 Å². The zero-order chi connectivity index (χ0) is 29.9. The topological polar surface area (TPSA) is 165 Å². The van der Waals surface area contributed by atoms with Gasteiger partial charge in [-0.05, 0) is 44.7 Å². The Labute approximate surface area is 243 Å². The molecule has 1 aromatic carbocycles. The molecule has 1 fully saturated rings. The van der Waals surface area contributed by atoms with Crippen molar-refractivity contribution in [2.45, 2.75) is 49.0 Å². The first-order valence-corrected chi connectivity index (χ1v) is 15.6. The first-order valence-electron chi connectivity index (χ1n) is 13.7. The highest BCUT2D eigenvalue weighted by Crippen LogP contribution is 2.43. The maximum Gasteiger partial charge on any atom is 0.275 e. The number of fused-ring (bicyclic) bond motifs is 1. The van der Waals surface area contributed by atoms with E-state index in [1.807, 2.05) is 36.5 Å². The number of anilines is 1. The van der Waals surface area contributed by atoms with Crippen molar-refractivity contribution in [1.82, 2.24) is 29.9 Å². The number of ether oxygens (including phenoxy) is 2. The number of sulfone groups is 1. The summed E-state index contributed by atoms with van der Waals surface area (Å²) < 4.78 is 40.3. The number of nitrogens with two attached hydrogens (primary N) is 1. The fourth-order valence-corrected chi connectivity index (χ4v) is 6.47. The minimum atomic E-state index is -3.78. The average Bonchev–Trinajstić information content (AvgIpc) is 3.64. The number of hydroxylamine groups is 1. The van der Waals surface area contributed by atoms with E-state index in [0.717, 1.165) is 17.5 Å². The van der Waals surface area contributed by atoms with E-state index in [4.69, 9.17) is 25.0 Å². The van der Waals surface area contributed by atoms with Gasteiger partial charge in [-0.25, -0.2) is 23.6 Å². The number of carbonyl (C=O) groups is 1. The molecule has 0 unspecified atom stereocenters. The van der Waals surface area contributed by atoms with Gasteiger partial charge < -0.3 is 15.2 Å². The third-order valence-electron chi connectivity index (χ3n) is 7.52. The van der Waals surface area contributed by atoms with Gasteiger partial charge >= 0.3 is 0 Å². The number of amides is 1. The van der Waals surface area contributed by atoms with E-state index in [1.165, 1.54) is 4.52 Å². The van der Waals surface area contributed by atoms with E-state index in [1.54, 1.807) is 31.1 Å². The minimum absolute atomic E-state index is 0.0125. The van der Waals surface area contributed by atoms with Gasteiger partial charge in [-0.2, -0.15) is 14.7 Å². The molecule has 1 aliphatic rings. The van der Waals surface area contributed by atoms with Crippen LogP contribution in [-0.2, 0) is 28.9 Å². The Morgan fingerprint density at radius 2 is 1.88 bits per heavy atom. The number of nitrogen functional groups attached to an aromatic ring is 1. The standard InChI is InChI=1S/C28H35N7O6S/c1-4-41-33-27(36)28(40-15-14-39-2)12-10-19(11-13-28)23-24(42(3,37)38)25(29)35-26(32-23)22(17-31-35)20-16-30-34(18-20)21-8-6-5-7-9-21/h5-9,16-19H,4,10-15,29H2,1-3H3,(H,33,36). The van der Waals surface area contributed by atoms with Gasteiger partial charge in [0.1, 0.15) is 16.3 Å². The number of nitrogens with zero attached hydrogens (tertiary/aromatic N) is 5. The SMILES string of the molecule is CCONC(=O)C1(OCCOC)CCC(c2nc3c(-c4cnn(-c5ccccc5)c4)cnn3c(N)c2S(C)(=O)=O)CC1. The number of methoxy groups -OCH3 is 1. The fourth-order valence-electron chi connectivity index (χ4n) is 5.41. The van der Waals surface area contributed by atoms with E-state index in [0.29, 0.717) is 55.8 Å². The first kappa shape index (κ1) is 29.6. The molecular formula is C28H35N7O6S. The van der Waals surface area contributed by atoms with E-state index in [9.17, 15) is 13.2 Å². The molecule has 42 heavy (non-hydrogen) atoms. The molecule has 3 N–H and O–H groups in total.